The number of fused-ring (bicyclic) bond motifs is 2. The minimum atomic E-state index is 0.147. The number of benzene rings is 1. The predicted molar refractivity (Wildman–Crippen MR) is 76.9 cm³/mol. The van der Waals surface area contributed by atoms with E-state index in [0.717, 1.165) is 11.8 Å². The summed E-state index contributed by atoms with van der Waals surface area (Å²) in [7, 11) is 1.55. The second-order valence-electron chi connectivity index (χ2n) is 5.88. The molecule has 106 valence electrons. The van der Waals surface area contributed by atoms with Crippen molar-refractivity contribution < 1.29 is 14.6 Å². The molecule has 20 heavy (non-hydrogen) atoms. The molecule has 0 aliphatic heterocycles. The first-order chi connectivity index (χ1) is 9.72. The van der Waals surface area contributed by atoms with E-state index in [0.29, 0.717) is 29.9 Å². The van der Waals surface area contributed by atoms with Crippen molar-refractivity contribution in [3.05, 3.63) is 35.9 Å². The van der Waals surface area contributed by atoms with Gasteiger partial charge in [0.15, 0.2) is 11.5 Å². The molecule has 1 aromatic rings. The van der Waals surface area contributed by atoms with Gasteiger partial charge in [-0.25, -0.2) is 0 Å². The number of allylic oxidation sites excluding steroid dienone is 2. The Kier molecular flexibility index (Phi) is 3.51. The summed E-state index contributed by atoms with van der Waals surface area (Å²) in [6, 6.07) is 5.45. The molecule has 3 rings (SSSR count). The molecule has 1 saturated carbocycles. The number of carbonyl (C=O) groups excluding carboxylic acids is 1. The number of hydrogen-bond acceptors (Lipinski definition) is 3. The monoisotopic (exact) mass is 272 g/mol. The first kappa shape index (κ1) is 13.2. The second kappa shape index (κ2) is 5.31. The first-order valence-corrected chi connectivity index (χ1v) is 7.21. The molecule has 0 radical (unpaired) electrons. The van der Waals surface area contributed by atoms with Gasteiger partial charge in [0.1, 0.15) is 6.29 Å². The van der Waals surface area contributed by atoms with Gasteiger partial charge in [-0.3, -0.25) is 0 Å². The normalized spacial score (nSPS) is 28.6. The van der Waals surface area contributed by atoms with Gasteiger partial charge in [-0.2, -0.15) is 0 Å². The molecule has 1 aromatic carbocycles. The van der Waals surface area contributed by atoms with Gasteiger partial charge in [0.25, 0.3) is 0 Å². The topological polar surface area (TPSA) is 46.5 Å². The number of aldehydes is 1. The van der Waals surface area contributed by atoms with Crippen molar-refractivity contribution in [2.24, 2.45) is 17.8 Å². The van der Waals surface area contributed by atoms with Crippen LogP contribution in [-0.4, -0.2) is 18.5 Å². The van der Waals surface area contributed by atoms with Crippen LogP contribution in [0.4, 0.5) is 0 Å². The number of methoxy groups -OCH3 is 1. The summed E-state index contributed by atoms with van der Waals surface area (Å²) >= 11 is 0. The average molecular weight is 272 g/mol. The third kappa shape index (κ3) is 2.21. The molecular formula is C17H20O3. The molecule has 3 nitrogen and oxygen atoms in total. The number of rotatable bonds is 5. The zero-order chi connectivity index (χ0) is 14.1. The van der Waals surface area contributed by atoms with E-state index >= 15 is 0 Å². The molecule has 0 heterocycles. The molecule has 4 unspecified atom stereocenters. The lowest BCUT2D eigenvalue weighted by Crippen LogP contribution is -2.18. The lowest BCUT2D eigenvalue weighted by Gasteiger charge is -2.28. The molecule has 0 aromatic heterocycles. The van der Waals surface area contributed by atoms with Gasteiger partial charge in [-0.05, 0) is 54.2 Å². The maximum absolute atomic E-state index is 11.1. The van der Waals surface area contributed by atoms with Crippen molar-refractivity contribution >= 4 is 6.29 Å². The summed E-state index contributed by atoms with van der Waals surface area (Å²) in [6.07, 6.45) is 8.58. The van der Waals surface area contributed by atoms with Crippen molar-refractivity contribution in [2.75, 3.05) is 7.11 Å². The fourth-order valence-corrected chi connectivity index (χ4v) is 3.87. The summed E-state index contributed by atoms with van der Waals surface area (Å²) < 4.78 is 5.19. The number of hydrogen-bond donors (Lipinski definition) is 1. The van der Waals surface area contributed by atoms with E-state index in [-0.39, 0.29) is 11.7 Å². The van der Waals surface area contributed by atoms with Crippen LogP contribution >= 0.6 is 0 Å². The van der Waals surface area contributed by atoms with Crippen molar-refractivity contribution in [1.82, 2.24) is 0 Å². The van der Waals surface area contributed by atoms with E-state index in [2.05, 4.69) is 12.2 Å². The molecule has 3 heteroatoms. The SMILES string of the molecule is COc1cc(C(CC=O)C2CC3C=CC2C3)ccc1O. The van der Waals surface area contributed by atoms with E-state index in [9.17, 15) is 9.90 Å². The minimum absolute atomic E-state index is 0.147. The lowest BCUT2D eigenvalue weighted by molar-refractivity contribution is -0.108. The third-order valence-electron chi connectivity index (χ3n) is 4.83. The molecule has 1 fully saturated rings. The van der Waals surface area contributed by atoms with Crippen LogP contribution in [0.1, 0.15) is 30.7 Å². The fraction of sp³-hybridized carbons (Fsp3) is 0.471. The Labute approximate surface area is 119 Å². The Hall–Kier alpha value is -1.77. The number of ether oxygens (including phenoxy) is 1. The summed E-state index contributed by atoms with van der Waals surface area (Å²) in [4.78, 5) is 11.1. The van der Waals surface area contributed by atoms with Gasteiger partial charge in [-0.15, -0.1) is 0 Å². The van der Waals surface area contributed by atoms with Crippen molar-refractivity contribution in [1.29, 1.82) is 0 Å². The number of aromatic hydroxyl groups is 1. The van der Waals surface area contributed by atoms with E-state index in [1.54, 1.807) is 13.2 Å². The summed E-state index contributed by atoms with van der Waals surface area (Å²) in [5, 5.41) is 9.71. The van der Waals surface area contributed by atoms with E-state index in [1.165, 1.54) is 12.8 Å². The molecule has 0 spiro atoms. The standard InChI is InChI=1S/C17H20O3/c1-20-17-10-13(4-5-16(17)19)14(6-7-18)15-9-11-2-3-12(15)8-11/h2-5,7,10-12,14-15,19H,6,8-9H2,1H3. The molecule has 2 aliphatic carbocycles. The maximum atomic E-state index is 11.1. The van der Waals surface area contributed by atoms with Crippen LogP contribution in [0.5, 0.6) is 11.5 Å². The summed E-state index contributed by atoms with van der Waals surface area (Å²) in [6.45, 7) is 0. The maximum Gasteiger partial charge on any atom is 0.160 e. The number of carbonyl (C=O) groups is 1. The van der Waals surface area contributed by atoms with Crippen molar-refractivity contribution in [3.63, 3.8) is 0 Å². The largest absolute Gasteiger partial charge is 0.504 e. The van der Waals surface area contributed by atoms with E-state index in [4.69, 9.17) is 4.74 Å². The van der Waals surface area contributed by atoms with Gasteiger partial charge in [0.2, 0.25) is 0 Å². The zero-order valence-corrected chi connectivity index (χ0v) is 11.7. The highest BCUT2D eigenvalue weighted by Crippen LogP contribution is 2.50. The smallest absolute Gasteiger partial charge is 0.160 e. The number of phenolic OH excluding ortho intramolecular Hbond substituents is 1. The molecule has 0 amide bonds. The van der Waals surface area contributed by atoms with Crippen LogP contribution in [0.3, 0.4) is 0 Å². The lowest BCUT2D eigenvalue weighted by atomic mass is 9.76. The molecule has 4 atom stereocenters. The summed E-state index contributed by atoms with van der Waals surface area (Å²) in [5.41, 5.74) is 1.10. The highest BCUT2D eigenvalue weighted by Gasteiger charge is 2.40. The van der Waals surface area contributed by atoms with Crippen molar-refractivity contribution in [2.45, 2.75) is 25.2 Å². The zero-order valence-electron chi connectivity index (χ0n) is 11.7. The summed E-state index contributed by atoms with van der Waals surface area (Å²) in [5.74, 6) is 2.68. The first-order valence-electron chi connectivity index (χ1n) is 7.21. The van der Waals surface area contributed by atoms with Crippen LogP contribution < -0.4 is 4.74 Å². The Morgan fingerprint density at radius 3 is 2.85 bits per heavy atom. The second-order valence-corrected chi connectivity index (χ2v) is 5.88. The minimum Gasteiger partial charge on any atom is -0.504 e. The molecular weight excluding hydrogens is 252 g/mol. The highest BCUT2D eigenvalue weighted by atomic mass is 16.5. The van der Waals surface area contributed by atoms with Crippen LogP contribution in [0.2, 0.25) is 0 Å². The van der Waals surface area contributed by atoms with Crippen LogP contribution in [0.25, 0.3) is 0 Å². The number of phenols is 1. The van der Waals surface area contributed by atoms with Gasteiger partial charge < -0.3 is 14.6 Å². The Morgan fingerprint density at radius 2 is 2.25 bits per heavy atom. The molecule has 1 N–H and O–H groups in total. The van der Waals surface area contributed by atoms with Gasteiger partial charge in [-0.1, -0.05) is 18.2 Å². The molecule has 2 aliphatic rings. The fourth-order valence-electron chi connectivity index (χ4n) is 3.87. The van der Waals surface area contributed by atoms with Gasteiger partial charge >= 0.3 is 0 Å². The Morgan fingerprint density at radius 1 is 1.40 bits per heavy atom. The molecule has 2 bridgehead atoms. The Bertz CT molecular complexity index is 535. The Balaban J connectivity index is 1.90. The third-order valence-corrected chi connectivity index (χ3v) is 4.83. The predicted octanol–water partition coefficient (Wildman–Crippen LogP) is 3.29. The highest BCUT2D eigenvalue weighted by molar-refractivity contribution is 5.53. The quantitative estimate of drug-likeness (QED) is 0.661. The van der Waals surface area contributed by atoms with Crippen LogP contribution in [0, 0.1) is 17.8 Å². The van der Waals surface area contributed by atoms with Crippen LogP contribution in [0.15, 0.2) is 30.4 Å². The van der Waals surface area contributed by atoms with Crippen LogP contribution in [-0.2, 0) is 4.79 Å². The van der Waals surface area contributed by atoms with E-state index < -0.39 is 0 Å². The van der Waals surface area contributed by atoms with Gasteiger partial charge in [0, 0.05) is 6.42 Å². The van der Waals surface area contributed by atoms with Crippen molar-refractivity contribution in [3.8, 4) is 11.5 Å². The average Bonchev–Trinajstić information content (AvgIpc) is 3.08. The van der Waals surface area contributed by atoms with Gasteiger partial charge in [0.05, 0.1) is 7.11 Å². The van der Waals surface area contributed by atoms with E-state index in [1.807, 2.05) is 12.1 Å². The molecule has 0 saturated heterocycles.